The second-order valence-corrected chi connectivity index (χ2v) is 6.58. The van der Waals surface area contributed by atoms with Gasteiger partial charge in [-0.25, -0.2) is 0 Å². The van der Waals surface area contributed by atoms with Gasteiger partial charge in [-0.3, -0.25) is 4.79 Å². The summed E-state index contributed by atoms with van der Waals surface area (Å²) in [6, 6.07) is 10.2. The highest BCUT2D eigenvalue weighted by Crippen LogP contribution is 2.19. The number of carbonyl (C=O) groups excluding carboxylic acids is 1. The first-order valence-corrected chi connectivity index (χ1v) is 7.70. The molecule has 1 aromatic carbocycles. The van der Waals surface area contributed by atoms with Gasteiger partial charge >= 0.3 is 0 Å². The van der Waals surface area contributed by atoms with Gasteiger partial charge in [0.1, 0.15) is 5.78 Å². The maximum atomic E-state index is 11.8. The lowest BCUT2D eigenvalue weighted by Crippen LogP contribution is -2.19. The van der Waals surface area contributed by atoms with Crippen molar-refractivity contribution in [3.05, 3.63) is 47.5 Å². The van der Waals surface area contributed by atoms with Gasteiger partial charge in [0.15, 0.2) is 0 Å². The van der Waals surface area contributed by atoms with E-state index in [1.165, 1.54) is 11.1 Å². The van der Waals surface area contributed by atoms with Gasteiger partial charge < -0.3 is 4.74 Å². The summed E-state index contributed by atoms with van der Waals surface area (Å²) in [6.07, 6.45) is 4.68. The molecule has 21 heavy (non-hydrogen) atoms. The number of hydrogen-bond acceptors (Lipinski definition) is 2. The molecule has 0 fully saturated rings. The molecule has 0 atom stereocenters. The third kappa shape index (κ3) is 7.81. The fraction of sp³-hybridized carbons (Fsp3) is 0.526. The van der Waals surface area contributed by atoms with Gasteiger partial charge in [0.25, 0.3) is 0 Å². The number of benzene rings is 1. The van der Waals surface area contributed by atoms with Crippen LogP contribution in [0.15, 0.2) is 42.0 Å². The zero-order chi connectivity index (χ0) is 15.7. The van der Waals surface area contributed by atoms with Crippen molar-refractivity contribution in [3.8, 4) is 0 Å². The predicted octanol–water partition coefficient (Wildman–Crippen LogP) is 4.94. The molecule has 0 aromatic heterocycles. The van der Waals surface area contributed by atoms with Crippen LogP contribution in [0.4, 0.5) is 0 Å². The monoisotopic (exact) mass is 288 g/mol. The molecule has 0 N–H and O–H groups in total. The topological polar surface area (TPSA) is 26.3 Å². The average molecular weight is 288 g/mol. The Labute approximate surface area is 129 Å². The van der Waals surface area contributed by atoms with Crippen LogP contribution in [-0.4, -0.2) is 12.4 Å². The summed E-state index contributed by atoms with van der Waals surface area (Å²) < 4.78 is 5.63. The van der Waals surface area contributed by atoms with Crippen LogP contribution in [0.5, 0.6) is 0 Å². The molecule has 0 unspecified atom stereocenters. The van der Waals surface area contributed by atoms with Crippen LogP contribution in [0.1, 0.15) is 52.5 Å². The van der Waals surface area contributed by atoms with E-state index in [2.05, 4.69) is 25.1 Å². The van der Waals surface area contributed by atoms with Gasteiger partial charge in [-0.1, -0.05) is 62.8 Å². The smallest absolute Gasteiger partial charge is 0.138 e. The summed E-state index contributed by atoms with van der Waals surface area (Å²) in [5.74, 6) is 0.343. The van der Waals surface area contributed by atoms with Crippen molar-refractivity contribution in [1.29, 1.82) is 0 Å². The number of carbonyl (C=O) groups is 1. The first kappa shape index (κ1) is 17.6. The third-order valence-electron chi connectivity index (χ3n) is 3.47. The molecule has 2 heteroatoms. The molecule has 0 spiro atoms. The Hall–Kier alpha value is -1.41. The lowest BCUT2D eigenvalue weighted by molar-refractivity contribution is -0.126. The van der Waals surface area contributed by atoms with E-state index in [9.17, 15) is 4.79 Å². The van der Waals surface area contributed by atoms with Crippen LogP contribution in [-0.2, 0) is 16.1 Å². The van der Waals surface area contributed by atoms with Crippen LogP contribution in [0.25, 0.3) is 0 Å². The van der Waals surface area contributed by atoms with Crippen molar-refractivity contribution in [2.75, 3.05) is 6.61 Å². The largest absolute Gasteiger partial charge is 0.373 e. The Morgan fingerprint density at radius 3 is 2.43 bits per heavy atom. The molecule has 0 saturated carbocycles. The summed E-state index contributed by atoms with van der Waals surface area (Å²) in [6.45, 7) is 9.33. The molecule has 0 aliphatic heterocycles. The van der Waals surface area contributed by atoms with Gasteiger partial charge in [-0.05, 0) is 25.3 Å². The van der Waals surface area contributed by atoms with E-state index in [0.29, 0.717) is 25.4 Å². The fourth-order valence-electron chi connectivity index (χ4n) is 1.96. The summed E-state index contributed by atoms with van der Waals surface area (Å²) in [7, 11) is 0. The molecule has 0 bridgehead atoms. The molecule has 1 aromatic rings. The van der Waals surface area contributed by atoms with E-state index in [1.807, 2.05) is 39.0 Å². The molecule has 0 saturated heterocycles. The van der Waals surface area contributed by atoms with Crippen LogP contribution in [0.3, 0.4) is 0 Å². The second-order valence-electron chi connectivity index (χ2n) is 6.58. The lowest BCUT2D eigenvalue weighted by atomic mass is 9.87. The van der Waals surface area contributed by atoms with E-state index in [1.54, 1.807) is 0 Å². The third-order valence-corrected chi connectivity index (χ3v) is 3.47. The second kappa shape index (κ2) is 8.78. The van der Waals surface area contributed by atoms with E-state index >= 15 is 0 Å². The molecule has 1 rings (SSSR count). The quantitative estimate of drug-likeness (QED) is 0.500. The summed E-state index contributed by atoms with van der Waals surface area (Å²) in [5.41, 5.74) is 2.28. The number of rotatable bonds is 8. The number of Topliss-reactive ketones (excluding diaryl/α,β-unsaturated/α-hetero) is 1. The molecule has 0 heterocycles. The first-order chi connectivity index (χ1) is 9.89. The Bertz CT molecular complexity index is 452. The molecule has 0 aliphatic rings. The number of ether oxygens (including phenoxy) is 1. The average Bonchev–Trinajstić information content (AvgIpc) is 2.43. The predicted molar refractivity (Wildman–Crippen MR) is 88.2 cm³/mol. The Morgan fingerprint density at radius 2 is 1.81 bits per heavy atom. The van der Waals surface area contributed by atoms with E-state index in [0.717, 1.165) is 12.8 Å². The van der Waals surface area contributed by atoms with Gasteiger partial charge in [0.2, 0.25) is 0 Å². The lowest BCUT2D eigenvalue weighted by Gasteiger charge is -2.16. The maximum Gasteiger partial charge on any atom is 0.138 e. The minimum Gasteiger partial charge on any atom is -0.373 e. The summed E-state index contributed by atoms with van der Waals surface area (Å²) >= 11 is 0. The first-order valence-electron chi connectivity index (χ1n) is 7.70. The summed E-state index contributed by atoms with van der Waals surface area (Å²) in [4.78, 5) is 11.8. The van der Waals surface area contributed by atoms with Gasteiger partial charge in [0.05, 0.1) is 13.2 Å². The van der Waals surface area contributed by atoms with Crippen molar-refractivity contribution in [2.45, 2.75) is 53.6 Å². The van der Waals surface area contributed by atoms with Gasteiger partial charge in [-0.2, -0.15) is 0 Å². The molecule has 0 radical (unpaired) electrons. The highest BCUT2D eigenvalue weighted by Gasteiger charge is 2.19. The van der Waals surface area contributed by atoms with E-state index < -0.39 is 0 Å². The fourth-order valence-corrected chi connectivity index (χ4v) is 1.96. The molecule has 2 nitrogen and oxygen atoms in total. The zero-order valence-electron chi connectivity index (χ0n) is 13.8. The molecule has 0 aliphatic carbocycles. The number of allylic oxidation sites excluding steroid dienone is 1. The van der Waals surface area contributed by atoms with Crippen molar-refractivity contribution in [3.63, 3.8) is 0 Å². The van der Waals surface area contributed by atoms with Crippen molar-refractivity contribution in [1.82, 2.24) is 0 Å². The number of hydrogen-bond donors (Lipinski definition) is 0. The Balaban J connectivity index is 2.17. The van der Waals surface area contributed by atoms with Crippen LogP contribution < -0.4 is 0 Å². The van der Waals surface area contributed by atoms with E-state index in [-0.39, 0.29) is 5.41 Å². The van der Waals surface area contributed by atoms with Crippen LogP contribution in [0.2, 0.25) is 0 Å². The molecule has 116 valence electrons. The highest BCUT2D eigenvalue weighted by atomic mass is 16.5. The zero-order valence-corrected chi connectivity index (χ0v) is 13.8. The minimum absolute atomic E-state index is 0.212. The standard InChI is InChI=1S/C19H28O2/c1-16(9-8-12-18(20)19(2,3)4)13-14-21-15-17-10-6-5-7-11-17/h5-7,10-11,13H,8-9,12,14-15H2,1-4H3/b16-13-. The SMILES string of the molecule is C/C(=C/COCc1ccccc1)CCCC(=O)C(C)(C)C. The van der Waals surface area contributed by atoms with Crippen molar-refractivity contribution >= 4 is 5.78 Å². The van der Waals surface area contributed by atoms with Crippen LogP contribution >= 0.6 is 0 Å². The van der Waals surface area contributed by atoms with Crippen molar-refractivity contribution in [2.24, 2.45) is 5.41 Å². The molecular formula is C19H28O2. The normalized spacial score (nSPS) is 12.5. The maximum absolute atomic E-state index is 11.8. The summed E-state index contributed by atoms with van der Waals surface area (Å²) in [5, 5.41) is 0. The van der Waals surface area contributed by atoms with Gasteiger partial charge in [0, 0.05) is 11.8 Å². The van der Waals surface area contributed by atoms with Crippen molar-refractivity contribution < 1.29 is 9.53 Å². The van der Waals surface area contributed by atoms with E-state index in [4.69, 9.17) is 4.74 Å². The van der Waals surface area contributed by atoms with Crippen LogP contribution in [0, 0.1) is 5.41 Å². The minimum atomic E-state index is -0.212. The van der Waals surface area contributed by atoms with Gasteiger partial charge in [-0.15, -0.1) is 0 Å². The Morgan fingerprint density at radius 1 is 1.14 bits per heavy atom. The molecular weight excluding hydrogens is 260 g/mol. The Kier molecular flexibility index (Phi) is 7.38. The highest BCUT2D eigenvalue weighted by molar-refractivity contribution is 5.83. The number of ketones is 1. The molecule has 0 amide bonds.